The summed E-state index contributed by atoms with van der Waals surface area (Å²) in [5, 5.41) is 21.7. The van der Waals surface area contributed by atoms with Gasteiger partial charge in [0.1, 0.15) is 0 Å². The first-order valence-electron chi connectivity index (χ1n) is 6.30. The molecule has 1 aromatic carbocycles. The maximum Gasteiger partial charge on any atom is 0.312 e. The lowest BCUT2D eigenvalue weighted by Gasteiger charge is -2.15. The number of hydrogen-bond donors (Lipinski definition) is 3. The van der Waals surface area contributed by atoms with Crippen LogP contribution in [0.4, 0.5) is 0 Å². The lowest BCUT2D eigenvalue weighted by Crippen LogP contribution is -2.30. The molecule has 1 rings (SSSR count). The van der Waals surface area contributed by atoms with Crippen molar-refractivity contribution in [3.63, 3.8) is 0 Å². The molecule has 0 radical (unpaired) electrons. The van der Waals surface area contributed by atoms with Gasteiger partial charge < -0.3 is 20.3 Å². The van der Waals surface area contributed by atoms with Crippen LogP contribution in [0.2, 0.25) is 0 Å². The third-order valence-electron chi connectivity index (χ3n) is 2.86. The minimum absolute atomic E-state index is 0.294. The number of aliphatic hydroxyl groups is 1. The first-order valence-corrected chi connectivity index (χ1v) is 6.30. The third kappa shape index (κ3) is 5.83. The minimum Gasteiger partial charge on any atom is -0.481 e. The van der Waals surface area contributed by atoms with Crippen molar-refractivity contribution in [3.05, 3.63) is 35.9 Å². The molecule has 106 valence electrons. The number of hydrogen-bond acceptors (Lipinski definition) is 4. The molecule has 5 nitrogen and oxygen atoms in total. The summed E-state index contributed by atoms with van der Waals surface area (Å²) >= 11 is 0. The first-order chi connectivity index (χ1) is 9.15. The van der Waals surface area contributed by atoms with E-state index in [9.17, 15) is 15.0 Å². The van der Waals surface area contributed by atoms with Gasteiger partial charge in [-0.2, -0.15) is 0 Å². The van der Waals surface area contributed by atoms with Gasteiger partial charge >= 0.3 is 5.97 Å². The minimum atomic E-state index is -0.851. The quantitative estimate of drug-likeness (QED) is 0.578. The van der Waals surface area contributed by atoms with Crippen LogP contribution in [0.3, 0.4) is 0 Å². The molecule has 0 saturated heterocycles. The van der Waals surface area contributed by atoms with Crippen molar-refractivity contribution in [2.45, 2.75) is 18.4 Å². The third-order valence-corrected chi connectivity index (χ3v) is 2.86. The van der Waals surface area contributed by atoms with E-state index in [1.165, 1.54) is 7.11 Å². The SMILES string of the molecule is COCC(O)CCNCC(C(=O)O)c1ccccc1. The molecule has 0 aliphatic carbocycles. The lowest BCUT2D eigenvalue weighted by molar-refractivity contribution is -0.138. The van der Waals surface area contributed by atoms with Crippen molar-refractivity contribution >= 4 is 5.97 Å². The van der Waals surface area contributed by atoms with Gasteiger partial charge in [-0.05, 0) is 18.5 Å². The van der Waals surface area contributed by atoms with E-state index in [0.717, 1.165) is 5.56 Å². The predicted octanol–water partition coefficient (Wildman–Crippen LogP) is 0.842. The summed E-state index contributed by atoms with van der Waals surface area (Å²) in [5.41, 5.74) is 0.778. The molecule has 0 fully saturated rings. The van der Waals surface area contributed by atoms with Crippen LogP contribution < -0.4 is 5.32 Å². The summed E-state index contributed by atoms with van der Waals surface area (Å²) in [6.07, 6.45) is 0.0205. The number of rotatable bonds is 9. The van der Waals surface area contributed by atoms with E-state index in [1.54, 1.807) is 12.1 Å². The lowest BCUT2D eigenvalue weighted by atomic mass is 9.99. The van der Waals surface area contributed by atoms with Crippen molar-refractivity contribution in [2.24, 2.45) is 0 Å². The average Bonchev–Trinajstić information content (AvgIpc) is 2.39. The number of benzene rings is 1. The Morgan fingerprint density at radius 3 is 2.63 bits per heavy atom. The van der Waals surface area contributed by atoms with Gasteiger partial charge in [-0.3, -0.25) is 4.79 Å². The second kappa shape index (κ2) is 8.63. The van der Waals surface area contributed by atoms with Gasteiger partial charge in [0.2, 0.25) is 0 Å². The molecule has 0 amide bonds. The number of aliphatic carboxylic acids is 1. The predicted molar refractivity (Wildman–Crippen MR) is 72.2 cm³/mol. The van der Waals surface area contributed by atoms with Gasteiger partial charge in [-0.15, -0.1) is 0 Å². The molecule has 0 aromatic heterocycles. The number of nitrogens with one attached hydrogen (secondary N) is 1. The number of carboxylic acids is 1. The Hall–Kier alpha value is -1.43. The molecular formula is C14H21NO4. The Morgan fingerprint density at radius 1 is 1.37 bits per heavy atom. The van der Waals surface area contributed by atoms with Crippen molar-refractivity contribution < 1.29 is 19.7 Å². The largest absolute Gasteiger partial charge is 0.481 e. The molecule has 1 aromatic rings. The highest BCUT2D eigenvalue weighted by Gasteiger charge is 2.18. The number of carboxylic acid groups (broad SMARTS) is 1. The number of carbonyl (C=O) groups is 1. The van der Waals surface area contributed by atoms with Crippen molar-refractivity contribution in [3.8, 4) is 0 Å². The molecule has 0 aliphatic heterocycles. The molecule has 2 unspecified atom stereocenters. The van der Waals surface area contributed by atoms with Crippen LogP contribution in [0.5, 0.6) is 0 Å². The van der Waals surface area contributed by atoms with Crippen LogP contribution >= 0.6 is 0 Å². The van der Waals surface area contributed by atoms with Gasteiger partial charge in [0.25, 0.3) is 0 Å². The second-order valence-corrected chi connectivity index (χ2v) is 4.40. The van der Waals surface area contributed by atoms with Crippen molar-refractivity contribution in [2.75, 3.05) is 26.8 Å². The fraction of sp³-hybridized carbons (Fsp3) is 0.500. The maximum atomic E-state index is 11.2. The van der Waals surface area contributed by atoms with Gasteiger partial charge in [0, 0.05) is 13.7 Å². The Kier molecular flexibility index (Phi) is 7.10. The maximum absolute atomic E-state index is 11.2. The monoisotopic (exact) mass is 267 g/mol. The van der Waals surface area contributed by atoms with Crippen LogP contribution in [0.25, 0.3) is 0 Å². The standard InChI is InChI=1S/C14H21NO4/c1-19-10-12(16)7-8-15-9-13(14(17)18)11-5-3-2-4-6-11/h2-6,12-13,15-16H,7-10H2,1H3,(H,17,18). The first kappa shape index (κ1) is 15.6. The molecule has 0 aliphatic rings. The molecule has 3 N–H and O–H groups in total. The van der Waals surface area contributed by atoms with Crippen LogP contribution in [0.1, 0.15) is 17.9 Å². The van der Waals surface area contributed by atoms with Crippen molar-refractivity contribution in [1.82, 2.24) is 5.32 Å². The Balaban J connectivity index is 2.38. The number of methoxy groups -OCH3 is 1. The molecule has 0 spiro atoms. The Bertz CT molecular complexity index is 369. The summed E-state index contributed by atoms with van der Waals surface area (Å²) in [4.78, 5) is 11.2. The average molecular weight is 267 g/mol. The molecule has 19 heavy (non-hydrogen) atoms. The zero-order chi connectivity index (χ0) is 14.1. The zero-order valence-corrected chi connectivity index (χ0v) is 11.1. The topological polar surface area (TPSA) is 78.8 Å². The second-order valence-electron chi connectivity index (χ2n) is 4.40. The van der Waals surface area contributed by atoms with Crippen LogP contribution in [-0.4, -0.2) is 49.1 Å². The Labute approximate surface area is 113 Å². The number of ether oxygens (including phenoxy) is 1. The van der Waals surface area contributed by atoms with Crippen LogP contribution in [0, 0.1) is 0 Å². The Morgan fingerprint density at radius 2 is 2.05 bits per heavy atom. The smallest absolute Gasteiger partial charge is 0.312 e. The molecule has 0 saturated carbocycles. The summed E-state index contributed by atoms with van der Waals surface area (Å²) in [7, 11) is 1.53. The molecular weight excluding hydrogens is 246 g/mol. The molecule has 0 bridgehead atoms. The van der Waals surface area contributed by atoms with E-state index < -0.39 is 18.0 Å². The van der Waals surface area contributed by atoms with Gasteiger partial charge in [-0.1, -0.05) is 30.3 Å². The van der Waals surface area contributed by atoms with E-state index in [2.05, 4.69) is 5.32 Å². The van der Waals surface area contributed by atoms with Crippen LogP contribution in [0.15, 0.2) is 30.3 Å². The zero-order valence-electron chi connectivity index (χ0n) is 11.1. The highest BCUT2D eigenvalue weighted by molar-refractivity contribution is 5.76. The van der Waals surface area contributed by atoms with E-state index in [4.69, 9.17) is 4.74 Å². The van der Waals surface area contributed by atoms with E-state index in [0.29, 0.717) is 26.1 Å². The summed E-state index contributed by atoms with van der Waals surface area (Å²) < 4.78 is 4.82. The van der Waals surface area contributed by atoms with Crippen LogP contribution in [-0.2, 0) is 9.53 Å². The van der Waals surface area contributed by atoms with Crippen molar-refractivity contribution in [1.29, 1.82) is 0 Å². The molecule has 2 atom stereocenters. The number of aliphatic hydroxyl groups excluding tert-OH is 1. The normalized spacial score (nSPS) is 14.0. The van der Waals surface area contributed by atoms with Gasteiger partial charge in [0.15, 0.2) is 0 Å². The van der Waals surface area contributed by atoms with E-state index in [-0.39, 0.29) is 0 Å². The van der Waals surface area contributed by atoms with Gasteiger partial charge in [-0.25, -0.2) is 0 Å². The van der Waals surface area contributed by atoms with E-state index in [1.807, 2.05) is 18.2 Å². The summed E-state index contributed by atoms with van der Waals surface area (Å²) in [6.45, 7) is 1.20. The fourth-order valence-corrected chi connectivity index (χ4v) is 1.82. The van der Waals surface area contributed by atoms with Gasteiger partial charge in [0.05, 0.1) is 18.6 Å². The summed E-state index contributed by atoms with van der Waals surface area (Å²) in [6, 6.07) is 9.12. The summed E-state index contributed by atoms with van der Waals surface area (Å²) in [5.74, 6) is -1.42. The van der Waals surface area contributed by atoms with E-state index >= 15 is 0 Å². The highest BCUT2D eigenvalue weighted by Crippen LogP contribution is 2.14. The molecule has 0 heterocycles. The fourth-order valence-electron chi connectivity index (χ4n) is 1.82. The highest BCUT2D eigenvalue weighted by atomic mass is 16.5. The molecule has 5 heteroatoms.